The standard InChI is InChI=1S/C15H17N5/c1-2-3-13-11(8-16)14(10-4-6-19-7-5-10)12(9-17)15(18)20-13/h4-7,9,14H,2-3,17H2,1H3,(H2,18,20)/b12-9-. The maximum Gasteiger partial charge on any atom is 0.129 e. The van der Waals surface area contributed by atoms with Gasteiger partial charge in [-0.25, -0.2) is 4.99 Å². The van der Waals surface area contributed by atoms with E-state index < -0.39 is 0 Å². The summed E-state index contributed by atoms with van der Waals surface area (Å²) in [5, 5.41) is 9.52. The number of nitrogens with zero attached hydrogens (tertiary/aromatic N) is 3. The predicted molar refractivity (Wildman–Crippen MR) is 78.4 cm³/mol. The summed E-state index contributed by atoms with van der Waals surface area (Å²) in [5.41, 5.74) is 14.7. The molecule has 5 nitrogen and oxygen atoms in total. The minimum absolute atomic E-state index is 0.257. The van der Waals surface area contributed by atoms with Gasteiger partial charge < -0.3 is 11.5 Å². The molecule has 20 heavy (non-hydrogen) atoms. The molecule has 0 amide bonds. The molecular formula is C15H17N5. The number of aliphatic imine (C=N–C) groups is 1. The van der Waals surface area contributed by atoms with Crippen molar-refractivity contribution in [1.29, 1.82) is 5.26 Å². The van der Waals surface area contributed by atoms with Gasteiger partial charge >= 0.3 is 0 Å². The van der Waals surface area contributed by atoms with Gasteiger partial charge in [0.25, 0.3) is 0 Å². The third-order valence-electron chi connectivity index (χ3n) is 3.29. The van der Waals surface area contributed by atoms with Crippen LogP contribution in [0.15, 0.2) is 52.6 Å². The molecule has 1 atom stereocenters. The highest BCUT2D eigenvalue weighted by Gasteiger charge is 2.30. The van der Waals surface area contributed by atoms with Crippen LogP contribution in [0.5, 0.6) is 0 Å². The number of amidine groups is 1. The van der Waals surface area contributed by atoms with Crippen molar-refractivity contribution in [3.63, 3.8) is 0 Å². The summed E-state index contributed by atoms with van der Waals surface area (Å²) in [6.07, 6.45) is 6.45. The fourth-order valence-electron chi connectivity index (χ4n) is 2.38. The molecule has 0 radical (unpaired) electrons. The van der Waals surface area contributed by atoms with E-state index in [2.05, 4.69) is 16.0 Å². The van der Waals surface area contributed by atoms with Crippen molar-refractivity contribution in [3.05, 3.63) is 53.1 Å². The summed E-state index contributed by atoms with van der Waals surface area (Å²) in [4.78, 5) is 8.35. The maximum absolute atomic E-state index is 9.52. The minimum atomic E-state index is -0.257. The molecule has 5 heteroatoms. The van der Waals surface area contributed by atoms with Gasteiger partial charge in [0.05, 0.1) is 23.3 Å². The molecule has 102 valence electrons. The molecule has 0 bridgehead atoms. The van der Waals surface area contributed by atoms with Crippen molar-refractivity contribution in [2.75, 3.05) is 0 Å². The summed E-state index contributed by atoms with van der Waals surface area (Å²) < 4.78 is 0. The van der Waals surface area contributed by atoms with Crippen molar-refractivity contribution in [2.45, 2.75) is 25.7 Å². The first-order valence-electron chi connectivity index (χ1n) is 6.52. The number of nitrogens with two attached hydrogens (primary N) is 2. The molecule has 1 unspecified atom stereocenters. The van der Waals surface area contributed by atoms with Crippen molar-refractivity contribution in [1.82, 2.24) is 4.98 Å². The first kappa shape index (κ1) is 13.8. The molecular weight excluding hydrogens is 250 g/mol. The Bertz CT molecular complexity index is 619. The van der Waals surface area contributed by atoms with Gasteiger partial charge in [-0.3, -0.25) is 4.98 Å². The molecule has 1 aliphatic rings. The molecule has 0 saturated carbocycles. The molecule has 0 spiro atoms. The SMILES string of the molecule is CCCC1=C(C#N)C(c2ccncc2)/C(=C/N)C(N)=N1. The van der Waals surface area contributed by atoms with Gasteiger partial charge in [-0.1, -0.05) is 13.3 Å². The molecule has 2 rings (SSSR count). The fraction of sp³-hybridized carbons (Fsp3) is 0.267. The number of hydrogen-bond acceptors (Lipinski definition) is 5. The summed E-state index contributed by atoms with van der Waals surface area (Å²) in [6, 6.07) is 6.01. The Labute approximate surface area is 118 Å². The highest BCUT2D eigenvalue weighted by molar-refractivity contribution is 6.01. The second-order valence-electron chi connectivity index (χ2n) is 4.55. The smallest absolute Gasteiger partial charge is 0.129 e. The van der Waals surface area contributed by atoms with Crippen molar-refractivity contribution in [2.24, 2.45) is 16.5 Å². The molecule has 0 fully saturated rings. The van der Waals surface area contributed by atoms with E-state index in [1.54, 1.807) is 12.4 Å². The number of allylic oxidation sites excluding steroid dienone is 2. The Hall–Kier alpha value is -2.61. The van der Waals surface area contributed by atoms with Crippen LogP contribution in [0.1, 0.15) is 31.2 Å². The molecule has 0 aromatic carbocycles. The lowest BCUT2D eigenvalue weighted by Gasteiger charge is -2.25. The van der Waals surface area contributed by atoms with Crippen LogP contribution in [-0.4, -0.2) is 10.8 Å². The van der Waals surface area contributed by atoms with Crippen LogP contribution in [0.2, 0.25) is 0 Å². The first-order chi connectivity index (χ1) is 9.72. The number of aromatic nitrogens is 1. The van der Waals surface area contributed by atoms with Gasteiger partial charge in [0.15, 0.2) is 0 Å². The van der Waals surface area contributed by atoms with E-state index in [4.69, 9.17) is 11.5 Å². The van der Waals surface area contributed by atoms with E-state index in [-0.39, 0.29) is 5.92 Å². The Balaban J connectivity index is 2.61. The normalized spacial score (nSPS) is 20.7. The largest absolute Gasteiger partial charge is 0.404 e. The summed E-state index contributed by atoms with van der Waals surface area (Å²) in [6.45, 7) is 2.05. The van der Waals surface area contributed by atoms with E-state index in [1.165, 1.54) is 6.20 Å². The third-order valence-corrected chi connectivity index (χ3v) is 3.29. The second-order valence-corrected chi connectivity index (χ2v) is 4.55. The second kappa shape index (κ2) is 6.02. The molecule has 1 aliphatic heterocycles. The average Bonchev–Trinajstić information content (AvgIpc) is 2.48. The van der Waals surface area contributed by atoms with Gasteiger partial charge in [-0.2, -0.15) is 5.26 Å². The van der Waals surface area contributed by atoms with Gasteiger partial charge in [-0.05, 0) is 24.1 Å². The topological polar surface area (TPSA) is 101 Å². The van der Waals surface area contributed by atoms with Crippen molar-refractivity contribution >= 4 is 5.84 Å². The number of rotatable bonds is 3. The number of pyridine rings is 1. The van der Waals surface area contributed by atoms with Crippen molar-refractivity contribution < 1.29 is 0 Å². The van der Waals surface area contributed by atoms with Crippen LogP contribution >= 0.6 is 0 Å². The van der Waals surface area contributed by atoms with Crippen molar-refractivity contribution in [3.8, 4) is 6.07 Å². The summed E-state index contributed by atoms with van der Waals surface area (Å²) >= 11 is 0. The van der Waals surface area contributed by atoms with Crippen LogP contribution < -0.4 is 11.5 Å². The Morgan fingerprint density at radius 1 is 1.40 bits per heavy atom. The number of nitriles is 1. The monoisotopic (exact) mass is 267 g/mol. The third kappa shape index (κ3) is 2.41. The zero-order chi connectivity index (χ0) is 14.5. The molecule has 2 heterocycles. The Morgan fingerprint density at radius 2 is 2.10 bits per heavy atom. The van der Waals surface area contributed by atoms with Crippen LogP contribution in [0.25, 0.3) is 0 Å². The highest BCUT2D eigenvalue weighted by atomic mass is 14.9. The van der Waals surface area contributed by atoms with Gasteiger partial charge in [0, 0.05) is 24.2 Å². The molecule has 1 aromatic rings. The Morgan fingerprint density at radius 3 is 2.65 bits per heavy atom. The van der Waals surface area contributed by atoms with Crippen LogP contribution in [0, 0.1) is 11.3 Å². The zero-order valence-electron chi connectivity index (χ0n) is 11.4. The highest BCUT2D eigenvalue weighted by Crippen LogP contribution is 2.37. The van der Waals surface area contributed by atoms with E-state index in [0.29, 0.717) is 17.0 Å². The summed E-state index contributed by atoms with van der Waals surface area (Å²) in [7, 11) is 0. The minimum Gasteiger partial charge on any atom is -0.404 e. The van der Waals surface area contributed by atoms with E-state index in [9.17, 15) is 5.26 Å². The number of hydrogen-bond donors (Lipinski definition) is 2. The zero-order valence-corrected chi connectivity index (χ0v) is 11.4. The average molecular weight is 267 g/mol. The van der Waals surface area contributed by atoms with E-state index >= 15 is 0 Å². The fourth-order valence-corrected chi connectivity index (χ4v) is 2.38. The Kier molecular flexibility index (Phi) is 4.16. The predicted octanol–water partition coefficient (Wildman–Crippen LogP) is 1.96. The van der Waals surface area contributed by atoms with Gasteiger partial charge in [-0.15, -0.1) is 0 Å². The van der Waals surface area contributed by atoms with Gasteiger partial charge in [0.1, 0.15) is 5.84 Å². The van der Waals surface area contributed by atoms with Crippen LogP contribution in [0.3, 0.4) is 0 Å². The lowest BCUT2D eigenvalue weighted by molar-refractivity contribution is 0.835. The maximum atomic E-state index is 9.52. The van der Waals surface area contributed by atoms with Crippen LogP contribution in [0.4, 0.5) is 0 Å². The van der Waals surface area contributed by atoms with E-state index in [1.807, 2.05) is 19.1 Å². The molecule has 1 aromatic heterocycles. The lowest BCUT2D eigenvalue weighted by Crippen LogP contribution is -2.26. The summed E-state index contributed by atoms with van der Waals surface area (Å²) in [5.74, 6) is 0.129. The first-order valence-corrected chi connectivity index (χ1v) is 6.52. The lowest BCUT2D eigenvalue weighted by atomic mass is 9.82. The van der Waals surface area contributed by atoms with Gasteiger partial charge in [0.2, 0.25) is 0 Å². The van der Waals surface area contributed by atoms with Crippen LogP contribution in [-0.2, 0) is 0 Å². The van der Waals surface area contributed by atoms with E-state index in [0.717, 1.165) is 24.1 Å². The molecule has 0 aliphatic carbocycles. The molecule has 4 N–H and O–H groups in total. The molecule has 0 saturated heterocycles. The quantitative estimate of drug-likeness (QED) is 0.873.